The van der Waals surface area contributed by atoms with Gasteiger partial charge >= 0.3 is 13.8 Å². The molecular formula is C37H71N16O15P. The monoisotopic (exact) mass is 1010 g/mol. The number of phosphoric ester groups is 1. The van der Waals surface area contributed by atoms with Gasteiger partial charge in [-0.2, -0.15) is 0 Å². The molecule has 0 aliphatic rings. The highest BCUT2D eigenvalue weighted by atomic mass is 31.2. The Morgan fingerprint density at radius 1 is 0.565 bits per heavy atom. The standard InChI is InChI=1S/C37H71N16O15P/c1-17(39)28(56)48-22(10-7-15-45-36(41)42)31(59)53-27(20(4)68-69(65,66)67)34(62)50-21(9-5-6-14-38)30(58)49-23(12-13-25(40)55)32(60)52-26(19(3)54)33(61)47-18(2)29(57)51-24(35(63)64)11-8-16-46-37(43)44/h17-24,26-27,54H,5-16,38-39H2,1-4H3,(H2,40,55)(H,47,61)(H,48,56)(H,49,58)(H,50,62)(H,51,57)(H,52,60)(H,53,59)(H,63,64)(H4,41,42,45)(H4,43,44,46)(H2,65,66,67)/t17-,18-,19+,20+,21-,22-,23-,24-,26-,27-/m0/s1. The highest BCUT2D eigenvalue weighted by molar-refractivity contribution is 7.46. The van der Waals surface area contributed by atoms with E-state index in [0.717, 1.165) is 13.8 Å². The Hall–Kier alpha value is -6.24. The molecule has 25 N–H and O–H groups in total. The molecule has 0 radical (unpaired) electrons. The van der Waals surface area contributed by atoms with Crippen molar-refractivity contribution in [2.45, 2.75) is 146 Å². The summed E-state index contributed by atoms with van der Waals surface area (Å²) in [7, 11) is -5.36. The smallest absolute Gasteiger partial charge is 0.469 e. The molecule has 69 heavy (non-hydrogen) atoms. The third-order valence-corrected chi connectivity index (χ3v) is 10.2. The second-order valence-electron chi connectivity index (χ2n) is 15.8. The van der Waals surface area contributed by atoms with Gasteiger partial charge in [-0.25, -0.2) is 9.36 Å². The largest absolute Gasteiger partial charge is 0.480 e. The molecule has 10 atom stereocenters. The van der Waals surface area contributed by atoms with Crippen molar-refractivity contribution in [1.82, 2.24) is 37.2 Å². The fourth-order valence-corrected chi connectivity index (χ4v) is 6.49. The Morgan fingerprint density at radius 2 is 0.986 bits per heavy atom. The Morgan fingerprint density at radius 3 is 1.43 bits per heavy atom. The van der Waals surface area contributed by atoms with Crippen molar-refractivity contribution in [2.75, 3.05) is 19.6 Å². The second-order valence-corrected chi connectivity index (χ2v) is 17.0. The van der Waals surface area contributed by atoms with Crippen molar-refractivity contribution in [3.05, 3.63) is 0 Å². The predicted molar refractivity (Wildman–Crippen MR) is 246 cm³/mol. The highest BCUT2D eigenvalue weighted by Gasteiger charge is 2.38. The lowest BCUT2D eigenvalue weighted by atomic mass is 10.0. The van der Waals surface area contributed by atoms with E-state index in [0.29, 0.717) is 6.42 Å². The van der Waals surface area contributed by atoms with E-state index >= 15 is 0 Å². The molecular weight excluding hydrogens is 939 g/mol. The molecule has 0 fully saturated rings. The molecule has 8 amide bonds. The van der Waals surface area contributed by atoms with Crippen LogP contribution in [0.4, 0.5) is 0 Å². The number of hydrogen-bond donors (Lipinski definition) is 18. The Labute approximate surface area is 397 Å². The fourth-order valence-electron chi connectivity index (χ4n) is 5.94. The van der Waals surface area contributed by atoms with Gasteiger partial charge in [-0.05, 0) is 85.6 Å². The van der Waals surface area contributed by atoms with Crippen LogP contribution in [0.1, 0.15) is 85.5 Å². The minimum absolute atomic E-state index is 0.00624. The van der Waals surface area contributed by atoms with Gasteiger partial charge in [-0.1, -0.05) is 0 Å². The number of phosphoric acid groups is 1. The number of aliphatic hydroxyl groups is 1. The lowest BCUT2D eigenvalue weighted by Gasteiger charge is -2.30. The van der Waals surface area contributed by atoms with Crippen LogP contribution in [0.5, 0.6) is 0 Å². The Bertz CT molecular complexity index is 1860. The molecule has 0 aromatic rings. The van der Waals surface area contributed by atoms with Gasteiger partial charge in [0.25, 0.3) is 0 Å². The van der Waals surface area contributed by atoms with E-state index in [-0.39, 0.29) is 70.1 Å². The third-order valence-electron chi connectivity index (χ3n) is 9.61. The molecule has 0 saturated carbocycles. The number of rotatable bonds is 34. The zero-order chi connectivity index (χ0) is 53.2. The van der Waals surface area contributed by atoms with Gasteiger partial charge in [0, 0.05) is 19.5 Å². The number of unbranched alkanes of at least 4 members (excludes halogenated alkanes) is 1. The minimum atomic E-state index is -5.36. The minimum Gasteiger partial charge on any atom is -0.480 e. The van der Waals surface area contributed by atoms with Gasteiger partial charge < -0.3 is 97.4 Å². The number of amides is 8. The molecule has 31 nitrogen and oxygen atoms in total. The number of aliphatic carboxylic acids is 1. The van der Waals surface area contributed by atoms with Gasteiger partial charge in [0.2, 0.25) is 47.3 Å². The maximum absolute atomic E-state index is 14.0. The molecule has 0 unspecified atom stereocenters. The van der Waals surface area contributed by atoms with Crippen LogP contribution in [0, 0.1) is 0 Å². The molecule has 0 spiro atoms. The van der Waals surface area contributed by atoms with Crippen molar-refractivity contribution in [1.29, 1.82) is 0 Å². The summed E-state index contributed by atoms with van der Waals surface area (Å²) < 4.78 is 16.6. The number of carbonyl (C=O) groups excluding carboxylic acids is 8. The lowest BCUT2D eigenvalue weighted by Crippen LogP contribution is -2.62. The number of nitrogens with two attached hydrogens (primary N) is 7. The van der Waals surface area contributed by atoms with Crippen LogP contribution in [0.15, 0.2) is 9.98 Å². The number of aliphatic imine (C=N–C) groups is 2. The highest BCUT2D eigenvalue weighted by Crippen LogP contribution is 2.38. The van der Waals surface area contributed by atoms with Gasteiger partial charge in [0.05, 0.1) is 18.2 Å². The third kappa shape index (κ3) is 26.8. The zero-order valence-electron chi connectivity index (χ0n) is 38.9. The van der Waals surface area contributed by atoms with E-state index in [4.69, 9.17) is 44.7 Å². The van der Waals surface area contributed by atoms with Crippen molar-refractivity contribution >= 4 is 73.0 Å². The van der Waals surface area contributed by atoms with E-state index in [2.05, 4.69) is 47.2 Å². The van der Waals surface area contributed by atoms with Crippen LogP contribution in [0.25, 0.3) is 0 Å². The molecule has 0 bridgehead atoms. The zero-order valence-corrected chi connectivity index (χ0v) is 39.8. The van der Waals surface area contributed by atoms with Crippen LogP contribution in [-0.2, 0) is 52.2 Å². The number of nitrogens with zero attached hydrogens (tertiary/aromatic N) is 2. The van der Waals surface area contributed by atoms with Crippen LogP contribution in [-0.4, -0.2) is 165 Å². The number of hydrogen-bond acceptors (Lipinski definition) is 16. The van der Waals surface area contributed by atoms with Gasteiger partial charge in [0.1, 0.15) is 42.3 Å². The molecule has 0 aliphatic heterocycles. The summed E-state index contributed by atoms with van der Waals surface area (Å²) in [6.45, 7) is 4.82. The Balaban J connectivity index is 6.63. The molecule has 0 aromatic heterocycles. The molecule has 0 aliphatic carbocycles. The van der Waals surface area contributed by atoms with Crippen molar-refractivity contribution in [3.63, 3.8) is 0 Å². The first-order chi connectivity index (χ1) is 32.0. The summed E-state index contributed by atoms with van der Waals surface area (Å²) in [4.78, 5) is 144. The topological polar surface area (TPSA) is 552 Å². The Kier molecular flexibility index (Phi) is 28.9. The first-order valence-corrected chi connectivity index (χ1v) is 23.2. The number of aliphatic hydroxyl groups excluding tert-OH is 1. The van der Waals surface area contributed by atoms with Crippen LogP contribution >= 0.6 is 7.82 Å². The first kappa shape index (κ1) is 62.8. The molecule has 0 saturated heterocycles. The van der Waals surface area contributed by atoms with Crippen molar-refractivity contribution in [2.24, 2.45) is 50.1 Å². The van der Waals surface area contributed by atoms with Crippen LogP contribution in [0.3, 0.4) is 0 Å². The number of guanidine groups is 2. The lowest BCUT2D eigenvalue weighted by molar-refractivity contribution is -0.142. The number of carbonyl (C=O) groups is 9. The summed E-state index contributed by atoms with van der Waals surface area (Å²) in [5.41, 5.74) is 37.8. The number of carboxylic acid groups (broad SMARTS) is 1. The SMILES string of the molecule is C[C@H](N)C(=O)N[C@@H](CCCN=C(N)N)C(=O)N[C@H](C(=O)N[C@@H](CCCCN)C(=O)N[C@@H](CCC(N)=O)C(=O)N[C@H](C(=O)N[C@@H](C)C(=O)N[C@@H](CCCN=C(N)N)C(=O)O)[C@@H](C)O)[C@@H](C)OP(=O)(O)O. The van der Waals surface area contributed by atoms with E-state index in [1.807, 2.05) is 0 Å². The van der Waals surface area contributed by atoms with E-state index < -0.39 is 134 Å². The molecule has 32 heteroatoms. The maximum Gasteiger partial charge on any atom is 0.469 e. The average molecular weight is 1010 g/mol. The summed E-state index contributed by atoms with van der Waals surface area (Å²) in [6, 6.07) is -12.5. The van der Waals surface area contributed by atoms with Crippen LogP contribution in [0.2, 0.25) is 0 Å². The van der Waals surface area contributed by atoms with E-state index in [9.17, 15) is 67.7 Å². The summed E-state index contributed by atoms with van der Waals surface area (Å²) in [5.74, 6) is -10.3. The molecule has 0 aromatic carbocycles. The van der Waals surface area contributed by atoms with Gasteiger partial charge in [-0.15, -0.1) is 0 Å². The number of primary amides is 1. The van der Waals surface area contributed by atoms with E-state index in [1.165, 1.54) is 13.8 Å². The average Bonchev–Trinajstić information content (AvgIpc) is 3.23. The van der Waals surface area contributed by atoms with Gasteiger partial charge in [-0.3, -0.25) is 52.9 Å². The maximum atomic E-state index is 14.0. The molecule has 394 valence electrons. The predicted octanol–water partition coefficient (Wildman–Crippen LogP) is -7.79. The number of carboxylic acids is 1. The van der Waals surface area contributed by atoms with Crippen molar-refractivity contribution < 1.29 is 72.2 Å². The first-order valence-electron chi connectivity index (χ1n) is 21.6. The second kappa shape index (κ2) is 31.7. The fraction of sp³-hybridized carbons (Fsp3) is 0.703. The molecule has 0 heterocycles. The summed E-state index contributed by atoms with van der Waals surface area (Å²) in [5, 5.41) is 36.2. The van der Waals surface area contributed by atoms with Crippen molar-refractivity contribution in [3.8, 4) is 0 Å². The summed E-state index contributed by atoms with van der Waals surface area (Å²) in [6.07, 6.45) is -4.25. The quantitative estimate of drug-likeness (QED) is 0.0123. The number of nitrogens with one attached hydrogen (secondary N) is 7. The van der Waals surface area contributed by atoms with E-state index in [1.54, 1.807) is 0 Å². The normalized spacial score (nSPS) is 15.6. The van der Waals surface area contributed by atoms with Crippen LogP contribution < -0.4 is 77.4 Å². The molecule has 0 rings (SSSR count). The van der Waals surface area contributed by atoms with Gasteiger partial charge in [0.15, 0.2) is 11.9 Å². The summed E-state index contributed by atoms with van der Waals surface area (Å²) >= 11 is 0.